The number of ether oxygens (including phenoxy) is 1. The van der Waals surface area contributed by atoms with E-state index in [1.807, 2.05) is 6.07 Å². The first-order valence-corrected chi connectivity index (χ1v) is 6.37. The predicted octanol–water partition coefficient (Wildman–Crippen LogP) is 2.43. The van der Waals surface area contributed by atoms with Crippen molar-refractivity contribution in [3.63, 3.8) is 0 Å². The summed E-state index contributed by atoms with van der Waals surface area (Å²) in [5.74, 6) is 0.514. The maximum atomic E-state index is 6.19. The van der Waals surface area contributed by atoms with E-state index in [-0.39, 0.29) is 6.04 Å². The first-order chi connectivity index (χ1) is 9.22. The Hall–Kier alpha value is -1.94. The van der Waals surface area contributed by atoms with Crippen molar-refractivity contribution in [3.05, 3.63) is 53.5 Å². The third kappa shape index (κ3) is 3.29. The summed E-state index contributed by atoms with van der Waals surface area (Å²) in [6.07, 6.45) is 5.00. The van der Waals surface area contributed by atoms with Crippen LogP contribution in [0.1, 0.15) is 29.3 Å². The molecule has 1 atom stereocenters. The van der Waals surface area contributed by atoms with Gasteiger partial charge in [0.15, 0.2) is 0 Å². The molecule has 1 aromatic heterocycles. The van der Waals surface area contributed by atoms with Gasteiger partial charge in [-0.25, -0.2) is 4.98 Å². The van der Waals surface area contributed by atoms with Crippen LogP contribution in [-0.2, 0) is 6.42 Å². The van der Waals surface area contributed by atoms with Crippen molar-refractivity contribution in [2.75, 3.05) is 7.11 Å². The first kappa shape index (κ1) is 13.5. The first-order valence-electron chi connectivity index (χ1n) is 6.37. The maximum Gasteiger partial charge on any atom is 0.236 e. The van der Waals surface area contributed by atoms with Crippen molar-refractivity contribution in [2.45, 2.75) is 25.8 Å². The van der Waals surface area contributed by atoms with Crippen LogP contribution in [0.15, 0.2) is 36.7 Å². The van der Waals surface area contributed by atoms with Crippen LogP contribution in [0.5, 0.6) is 5.88 Å². The molecule has 2 rings (SSSR count). The standard InChI is InChI=1S/C15H19N3O/c1-11-5-3-4-6-12(11)7-8-13(16)14-15(19-2)18-10-9-17-14/h3-6,9-10,13H,7-8,16H2,1-2H3. The highest BCUT2D eigenvalue weighted by Crippen LogP contribution is 2.22. The van der Waals surface area contributed by atoms with Gasteiger partial charge in [-0.3, -0.25) is 4.98 Å². The Morgan fingerprint density at radius 2 is 1.95 bits per heavy atom. The minimum atomic E-state index is -0.164. The van der Waals surface area contributed by atoms with Gasteiger partial charge in [-0.2, -0.15) is 0 Å². The van der Waals surface area contributed by atoms with Crippen LogP contribution in [0.3, 0.4) is 0 Å². The zero-order valence-corrected chi connectivity index (χ0v) is 11.3. The van der Waals surface area contributed by atoms with Gasteiger partial charge in [-0.1, -0.05) is 24.3 Å². The van der Waals surface area contributed by atoms with Gasteiger partial charge in [0.25, 0.3) is 0 Å². The van der Waals surface area contributed by atoms with Crippen LogP contribution in [-0.4, -0.2) is 17.1 Å². The molecule has 4 nitrogen and oxygen atoms in total. The zero-order valence-electron chi connectivity index (χ0n) is 11.3. The topological polar surface area (TPSA) is 61.0 Å². The number of nitrogens with zero attached hydrogens (tertiary/aromatic N) is 2. The molecule has 0 aliphatic rings. The average molecular weight is 257 g/mol. The predicted molar refractivity (Wildman–Crippen MR) is 75.0 cm³/mol. The van der Waals surface area contributed by atoms with E-state index in [0.29, 0.717) is 5.88 Å². The zero-order chi connectivity index (χ0) is 13.7. The molecular formula is C15H19N3O. The number of rotatable bonds is 5. The summed E-state index contributed by atoms with van der Waals surface area (Å²) < 4.78 is 5.19. The fourth-order valence-electron chi connectivity index (χ4n) is 2.09. The Balaban J connectivity index is 2.05. The molecule has 2 aromatic rings. The summed E-state index contributed by atoms with van der Waals surface area (Å²) in [6, 6.07) is 8.18. The van der Waals surface area contributed by atoms with Crippen molar-refractivity contribution >= 4 is 0 Å². The number of hydrogen-bond donors (Lipinski definition) is 1. The molecule has 4 heteroatoms. The highest BCUT2D eigenvalue weighted by Gasteiger charge is 2.14. The molecule has 1 aromatic carbocycles. The van der Waals surface area contributed by atoms with Crippen LogP contribution in [0, 0.1) is 6.92 Å². The molecule has 1 unspecified atom stereocenters. The summed E-state index contributed by atoms with van der Waals surface area (Å²) in [7, 11) is 1.58. The lowest BCUT2D eigenvalue weighted by Gasteiger charge is -2.14. The molecule has 19 heavy (non-hydrogen) atoms. The number of aromatic nitrogens is 2. The maximum absolute atomic E-state index is 6.19. The Morgan fingerprint density at radius 3 is 2.68 bits per heavy atom. The third-order valence-corrected chi connectivity index (χ3v) is 3.22. The molecule has 0 aliphatic carbocycles. The van der Waals surface area contributed by atoms with Crippen LogP contribution in [0.25, 0.3) is 0 Å². The number of hydrogen-bond acceptors (Lipinski definition) is 4. The fourth-order valence-corrected chi connectivity index (χ4v) is 2.09. The number of benzene rings is 1. The van der Waals surface area contributed by atoms with Gasteiger partial charge in [0.05, 0.1) is 13.2 Å². The SMILES string of the molecule is COc1nccnc1C(N)CCc1ccccc1C. The summed E-state index contributed by atoms with van der Waals surface area (Å²) >= 11 is 0. The van der Waals surface area contributed by atoms with Crippen LogP contribution in [0.2, 0.25) is 0 Å². The van der Waals surface area contributed by atoms with E-state index in [1.54, 1.807) is 19.5 Å². The highest BCUT2D eigenvalue weighted by atomic mass is 16.5. The second-order valence-electron chi connectivity index (χ2n) is 4.52. The van der Waals surface area contributed by atoms with E-state index >= 15 is 0 Å². The number of aryl methyl sites for hydroxylation is 2. The average Bonchev–Trinajstić information content (AvgIpc) is 2.46. The van der Waals surface area contributed by atoms with Gasteiger partial charge < -0.3 is 10.5 Å². The summed E-state index contributed by atoms with van der Waals surface area (Å²) in [4.78, 5) is 8.40. The minimum absolute atomic E-state index is 0.164. The molecule has 0 fully saturated rings. The lowest BCUT2D eigenvalue weighted by molar-refractivity contribution is 0.383. The molecule has 100 valence electrons. The van der Waals surface area contributed by atoms with E-state index in [4.69, 9.17) is 10.5 Å². The molecule has 0 spiro atoms. The Morgan fingerprint density at radius 1 is 1.21 bits per heavy atom. The molecule has 0 bridgehead atoms. The molecular weight excluding hydrogens is 238 g/mol. The highest BCUT2D eigenvalue weighted by molar-refractivity contribution is 5.26. The van der Waals surface area contributed by atoms with Gasteiger partial charge in [-0.15, -0.1) is 0 Å². The van der Waals surface area contributed by atoms with Crippen molar-refractivity contribution in [3.8, 4) is 5.88 Å². The molecule has 0 radical (unpaired) electrons. The van der Waals surface area contributed by atoms with Gasteiger partial charge >= 0.3 is 0 Å². The summed E-state index contributed by atoms with van der Waals surface area (Å²) in [5.41, 5.74) is 9.52. The van der Waals surface area contributed by atoms with Crippen molar-refractivity contribution < 1.29 is 4.74 Å². The van der Waals surface area contributed by atoms with E-state index < -0.39 is 0 Å². The quantitative estimate of drug-likeness (QED) is 0.893. The van der Waals surface area contributed by atoms with E-state index in [2.05, 4.69) is 35.1 Å². The smallest absolute Gasteiger partial charge is 0.236 e. The molecule has 0 saturated heterocycles. The largest absolute Gasteiger partial charge is 0.480 e. The Bertz CT molecular complexity index is 542. The third-order valence-electron chi connectivity index (χ3n) is 3.22. The van der Waals surface area contributed by atoms with E-state index in [9.17, 15) is 0 Å². The minimum Gasteiger partial charge on any atom is -0.480 e. The van der Waals surface area contributed by atoms with Crippen molar-refractivity contribution in [1.82, 2.24) is 9.97 Å². The Labute approximate surface area is 113 Å². The second-order valence-corrected chi connectivity index (χ2v) is 4.52. The van der Waals surface area contributed by atoms with Gasteiger partial charge in [-0.05, 0) is 30.9 Å². The molecule has 0 saturated carbocycles. The van der Waals surface area contributed by atoms with Crippen LogP contribution < -0.4 is 10.5 Å². The van der Waals surface area contributed by atoms with Crippen LogP contribution in [0.4, 0.5) is 0 Å². The summed E-state index contributed by atoms with van der Waals surface area (Å²) in [5, 5.41) is 0. The van der Waals surface area contributed by atoms with Crippen molar-refractivity contribution in [2.24, 2.45) is 5.73 Å². The van der Waals surface area contributed by atoms with E-state index in [1.165, 1.54) is 11.1 Å². The van der Waals surface area contributed by atoms with Gasteiger partial charge in [0, 0.05) is 12.4 Å². The van der Waals surface area contributed by atoms with Crippen LogP contribution >= 0.6 is 0 Å². The lowest BCUT2D eigenvalue weighted by Crippen LogP contribution is -2.15. The monoisotopic (exact) mass is 257 g/mol. The Kier molecular flexibility index (Phi) is 4.47. The molecule has 0 aliphatic heterocycles. The second kappa shape index (κ2) is 6.29. The molecule has 2 N–H and O–H groups in total. The van der Waals surface area contributed by atoms with Gasteiger partial charge in [0.2, 0.25) is 5.88 Å². The van der Waals surface area contributed by atoms with Gasteiger partial charge in [0.1, 0.15) is 5.69 Å². The number of methoxy groups -OCH3 is 1. The normalized spacial score (nSPS) is 12.2. The van der Waals surface area contributed by atoms with E-state index in [0.717, 1.165) is 18.5 Å². The van der Waals surface area contributed by atoms with Crippen molar-refractivity contribution in [1.29, 1.82) is 0 Å². The molecule has 1 heterocycles. The molecule has 0 amide bonds. The number of nitrogens with two attached hydrogens (primary N) is 1. The lowest BCUT2D eigenvalue weighted by atomic mass is 10.00. The summed E-state index contributed by atoms with van der Waals surface area (Å²) in [6.45, 7) is 2.11. The fraction of sp³-hybridized carbons (Fsp3) is 0.333.